The number of nitrogens with zero attached hydrogens (tertiary/aromatic N) is 1. The molecular weight excluding hydrogens is 378 g/mol. The van der Waals surface area contributed by atoms with Crippen LogP contribution in [0.1, 0.15) is 22.0 Å². The van der Waals surface area contributed by atoms with E-state index in [2.05, 4.69) is 15.5 Å². The molecule has 0 bridgehead atoms. The maximum absolute atomic E-state index is 13.1. The number of Topliss-reactive ketones (excluding diaryl/α,β-unsaturated/α-hetero) is 1. The van der Waals surface area contributed by atoms with Gasteiger partial charge in [-0.3, -0.25) is 4.79 Å². The first-order chi connectivity index (χ1) is 13.6. The molecule has 0 saturated carbocycles. The first-order valence-electron chi connectivity index (χ1n) is 9.12. The van der Waals surface area contributed by atoms with E-state index in [1.54, 1.807) is 24.3 Å². The number of carbonyl (C=O) groups is 2. The minimum absolute atomic E-state index is 0.138. The first kappa shape index (κ1) is 18.5. The van der Waals surface area contributed by atoms with Crippen LogP contribution in [0.4, 0.5) is 10.5 Å². The maximum Gasteiger partial charge on any atom is 0.319 e. The molecule has 0 radical (unpaired) electrons. The molecule has 6 nitrogen and oxygen atoms in total. The Morgan fingerprint density at radius 2 is 1.71 bits per heavy atom. The summed E-state index contributed by atoms with van der Waals surface area (Å²) in [6.07, 6.45) is 1.48. The number of ketones is 1. The summed E-state index contributed by atoms with van der Waals surface area (Å²) in [5, 5.41) is 5.98. The van der Waals surface area contributed by atoms with Crippen molar-refractivity contribution >= 4 is 29.1 Å². The van der Waals surface area contributed by atoms with Crippen LogP contribution >= 0.6 is 11.6 Å². The van der Waals surface area contributed by atoms with Crippen LogP contribution in [0, 0.1) is 0 Å². The van der Waals surface area contributed by atoms with Gasteiger partial charge >= 0.3 is 6.03 Å². The Labute approximate surface area is 168 Å². The van der Waals surface area contributed by atoms with Crippen molar-refractivity contribution in [3.63, 3.8) is 0 Å². The lowest BCUT2D eigenvalue weighted by molar-refractivity contribution is 0.102. The molecule has 4 rings (SSSR count). The number of nitrogens with one attached hydrogen (secondary N) is 2. The van der Waals surface area contributed by atoms with Crippen molar-refractivity contribution in [2.45, 2.75) is 6.04 Å². The number of amides is 2. The van der Waals surface area contributed by atoms with Crippen LogP contribution < -0.4 is 15.5 Å². The van der Waals surface area contributed by atoms with Gasteiger partial charge in [0.15, 0.2) is 5.78 Å². The molecular formula is C21H20ClN3O3. The highest BCUT2D eigenvalue weighted by molar-refractivity contribution is 6.30. The van der Waals surface area contributed by atoms with Crippen molar-refractivity contribution < 1.29 is 14.3 Å². The van der Waals surface area contributed by atoms with Crippen LogP contribution in [0.25, 0.3) is 0 Å². The van der Waals surface area contributed by atoms with Gasteiger partial charge in [0.05, 0.1) is 19.3 Å². The van der Waals surface area contributed by atoms with Crippen LogP contribution in [-0.4, -0.2) is 38.1 Å². The molecule has 1 unspecified atom stereocenters. The zero-order valence-corrected chi connectivity index (χ0v) is 15.9. The number of ether oxygens (including phenoxy) is 1. The van der Waals surface area contributed by atoms with Crippen molar-refractivity contribution in [1.82, 2.24) is 10.6 Å². The van der Waals surface area contributed by atoms with Gasteiger partial charge in [-0.05, 0) is 42.0 Å². The number of urea groups is 1. The SMILES string of the molecule is O=C1NC=C(C(=O)c2ccc(N3CCOCC3)cc2)C(c2ccc(Cl)cc2)N1. The van der Waals surface area contributed by atoms with E-state index in [-0.39, 0.29) is 11.8 Å². The molecule has 2 heterocycles. The van der Waals surface area contributed by atoms with Gasteiger partial charge in [0.25, 0.3) is 0 Å². The van der Waals surface area contributed by atoms with Gasteiger partial charge in [-0.1, -0.05) is 23.7 Å². The molecule has 28 heavy (non-hydrogen) atoms. The standard InChI is InChI=1S/C21H20ClN3O3/c22-16-5-1-14(2-6-16)19-18(13-23-21(27)24-19)20(26)15-3-7-17(8-4-15)25-9-11-28-12-10-25/h1-8,13,19H,9-12H2,(H2,23,24,27). The Bertz CT molecular complexity index is 903. The first-order valence-corrected chi connectivity index (χ1v) is 9.49. The highest BCUT2D eigenvalue weighted by Crippen LogP contribution is 2.28. The number of carbonyl (C=O) groups excluding carboxylic acids is 2. The summed E-state index contributed by atoms with van der Waals surface area (Å²) < 4.78 is 5.38. The number of hydrogen-bond donors (Lipinski definition) is 2. The predicted molar refractivity (Wildman–Crippen MR) is 108 cm³/mol. The fourth-order valence-electron chi connectivity index (χ4n) is 3.40. The van der Waals surface area contributed by atoms with Gasteiger partial charge in [-0.15, -0.1) is 0 Å². The Balaban J connectivity index is 1.58. The topological polar surface area (TPSA) is 70.7 Å². The number of hydrogen-bond acceptors (Lipinski definition) is 4. The van der Waals surface area contributed by atoms with Crippen LogP contribution in [-0.2, 0) is 4.74 Å². The lowest BCUT2D eigenvalue weighted by Gasteiger charge is -2.29. The van der Waals surface area contributed by atoms with Gasteiger partial charge in [0.1, 0.15) is 0 Å². The van der Waals surface area contributed by atoms with E-state index in [0.717, 1.165) is 24.3 Å². The summed E-state index contributed by atoms with van der Waals surface area (Å²) in [7, 11) is 0. The Hall–Kier alpha value is -2.83. The monoisotopic (exact) mass is 397 g/mol. The lowest BCUT2D eigenvalue weighted by Crippen LogP contribution is -2.42. The Morgan fingerprint density at radius 1 is 1.04 bits per heavy atom. The number of morpholine rings is 1. The smallest absolute Gasteiger partial charge is 0.319 e. The zero-order valence-electron chi connectivity index (χ0n) is 15.2. The number of rotatable bonds is 4. The molecule has 0 spiro atoms. The van der Waals surface area contributed by atoms with Gasteiger partial charge in [0.2, 0.25) is 0 Å². The molecule has 1 atom stereocenters. The second kappa shape index (κ2) is 8.04. The average Bonchev–Trinajstić information content (AvgIpc) is 2.74. The molecule has 1 saturated heterocycles. The van der Waals surface area contributed by atoms with E-state index in [1.807, 2.05) is 24.3 Å². The third-order valence-corrected chi connectivity index (χ3v) is 5.17. The summed E-state index contributed by atoms with van der Waals surface area (Å²) in [4.78, 5) is 27.2. The lowest BCUT2D eigenvalue weighted by atomic mass is 9.92. The minimum Gasteiger partial charge on any atom is -0.378 e. The van der Waals surface area contributed by atoms with Crippen LogP contribution in [0.3, 0.4) is 0 Å². The van der Waals surface area contributed by atoms with E-state index < -0.39 is 6.04 Å². The molecule has 2 aromatic carbocycles. The maximum atomic E-state index is 13.1. The van der Waals surface area contributed by atoms with Gasteiger partial charge in [-0.25, -0.2) is 4.79 Å². The van der Waals surface area contributed by atoms with E-state index in [1.165, 1.54) is 6.20 Å². The molecule has 144 valence electrons. The van der Waals surface area contributed by atoms with E-state index >= 15 is 0 Å². The van der Waals surface area contributed by atoms with Crippen molar-refractivity contribution in [3.8, 4) is 0 Å². The molecule has 2 amide bonds. The molecule has 0 aliphatic carbocycles. The second-order valence-corrected chi connectivity index (χ2v) is 7.11. The summed E-state index contributed by atoms with van der Waals surface area (Å²) in [5.41, 5.74) is 2.91. The second-order valence-electron chi connectivity index (χ2n) is 6.68. The Morgan fingerprint density at radius 3 is 2.39 bits per heavy atom. The summed E-state index contributed by atoms with van der Waals surface area (Å²) in [6, 6.07) is 13.8. The molecule has 2 aliphatic heterocycles. The van der Waals surface area contributed by atoms with Crippen molar-refractivity contribution in [2.24, 2.45) is 0 Å². The van der Waals surface area contributed by atoms with Gasteiger partial charge < -0.3 is 20.3 Å². The molecule has 2 N–H and O–H groups in total. The zero-order chi connectivity index (χ0) is 19.5. The average molecular weight is 398 g/mol. The van der Waals surface area contributed by atoms with Crippen LogP contribution in [0.5, 0.6) is 0 Å². The van der Waals surface area contributed by atoms with Crippen LogP contribution in [0.2, 0.25) is 5.02 Å². The highest BCUT2D eigenvalue weighted by Gasteiger charge is 2.28. The summed E-state index contributed by atoms with van der Waals surface area (Å²) >= 11 is 5.96. The third kappa shape index (κ3) is 3.88. The quantitative estimate of drug-likeness (QED) is 0.776. The molecule has 7 heteroatoms. The molecule has 2 aliphatic rings. The largest absolute Gasteiger partial charge is 0.378 e. The third-order valence-electron chi connectivity index (χ3n) is 4.92. The van der Waals surface area contributed by atoms with Gasteiger partial charge in [-0.2, -0.15) is 0 Å². The van der Waals surface area contributed by atoms with E-state index in [9.17, 15) is 9.59 Å². The van der Waals surface area contributed by atoms with Gasteiger partial charge in [0, 0.05) is 41.1 Å². The van der Waals surface area contributed by atoms with E-state index in [0.29, 0.717) is 29.4 Å². The number of benzene rings is 2. The number of anilines is 1. The molecule has 2 aromatic rings. The predicted octanol–water partition coefficient (Wildman–Crippen LogP) is 3.30. The number of halogens is 1. The van der Waals surface area contributed by atoms with Crippen molar-refractivity contribution in [2.75, 3.05) is 31.2 Å². The minimum atomic E-state index is -0.530. The summed E-state index contributed by atoms with van der Waals surface area (Å²) in [5.74, 6) is -0.138. The summed E-state index contributed by atoms with van der Waals surface area (Å²) in [6.45, 7) is 3.10. The van der Waals surface area contributed by atoms with Crippen LogP contribution in [0.15, 0.2) is 60.3 Å². The Kier molecular flexibility index (Phi) is 5.32. The fraction of sp³-hybridized carbons (Fsp3) is 0.238. The fourth-order valence-corrected chi connectivity index (χ4v) is 3.53. The normalized spacial score (nSPS) is 19.5. The highest BCUT2D eigenvalue weighted by atomic mass is 35.5. The molecule has 1 fully saturated rings. The van der Waals surface area contributed by atoms with Crippen molar-refractivity contribution in [1.29, 1.82) is 0 Å². The van der Waals surface area contributed by atoms with Crippen molar-refractivity contribution in [3.05, 3.63) is 76.5 Å². The molecule has 0 aromatic heterocycles. The van der Waals surface area contributed by atoms with E-state index in [4.69, 9.17) is 16.3 Å².